The van der Waals surface area contributed by atoms with Crippen LogP contribution >= 0.6 is 11.6 Å². The van der Waals surface area contributed by atoms with Gasteiger partial charge in [0.25, 0.3) is 5.56 Å². The number of hydrogen-bond acceptors (Lipinski definition) is 3. The van der Waals surface area contributed by atoms with Crippen molar-refractivity contribution < 1.29 is 4.79 Å². The van der Waals surface area contributed by atoms with Crippen molar-refractivity contribution in [3.8, 4) is 0 Å². The molecule has 4 rings (SSSR count). The maximum absolute atomic E-state index is 12.9. The van der Waals surface area contributed by atoms with Gasteiger partial charge in [0.2, 0.25) is 5.91 Å². The summed E-state index contributed by atoms with van der Waals surface area (Å²) in [6, 6.07) is 13.3. The molecule has 29 heavy (non-hydrogen) atoms. The SMILES string of the molecule is CCC(=O)N1N=C(c2c(C)c3ccc(Cl)cc3[nH]c2=O)C[C@H]1c1ccc(C)cc1. The molecule has 1 aromatic heterocycles. The van der Waals surface area contributed by atoms with Gasteiger partial charge in [0, 0.05) is 23.3 Å². The molecule has 0 saturated heterocycles. The number of rotatable bonds is 3. The first-order chi connectivity index (χ1) is 13.9. The van der Waals surface area contributed by atoms with Gasteiger partial charge >= 0.3 is 0 Å². The maximum Gasteiger partial charge on any atom is 0.257 e. The summed E-state index contributed by atoms with van der Waals surface area (Å²) >= 11 is 6.07. The van der Waals surface area contributed by atoms with E-state index in [9.17, 15) is 9.59 Å². The fraction of sp³-hybridized carbons (Fsp3) is 0.261. The van der Waals surface area contributed by atoms with E-state index in [4.69, 9.17) is 11.6 Å². The van der Waals surface area contributed by atoms with Crippen molar-refractivity contribution in [2.24, 2.45) is 5.10 Å². The van der Waals surface area contributed by atoms with Crippen molar-refractivity contribution in [1.29, 1.82) is 0 Å². The lowest BCUT2D eigenvalue weighted by Gasteiger charge is -2.21. The number of hydrogen-bond donors (Lipinski definition) is 1. The number of halogens is 1. The summed E-state index contributed by atoms with van der Waals surface area (Å²) in [5, 5.41) is 7.63. The third kappa shape index (κ3) is 3.47. The zero-order chi connectivity index (χ0) is 20.7. The number of fused-ring (bicyclic) bond motifs is 1. The van der Waals surface area contributed by atoms with E-state index < -0.39 is 0 Å². The van der Waals surface area contributed by atoms with Crippen molar-refractivity contribution in [3.05, 3.63) is 80.1 Å². The molecule has 0 bridgehead atoms. The summed E-state index contributed by atoms with van der Waals surface area (Å²) in [5.74, 6) is -0.0628. The predicted molar refractivity (Wildman–Crippen MR) is 117 cm³/mol. The zero-order valence-electron chi connectivity index (χ0n) is 16.6. The molecule has 1 aliphatic rings. The van der Waals surface area contributed by atoms with Crippen molar-refractivity contribution in [2.45, 2.75) is 39.7 Å². The molecule has 0 aliphatic carbocycles. The van der Waals surface area contributed by atoms with Crippen LogP contribution in [0.15, 0.2) is 52.4 Å². The van der Waals surface area contributed by atoms with Gasteiger partial charge in [-0.05, 0) is 37.1 Å². The van der Waals surface area contributed by atoms with Crippen LogP contribution in [-0.4, -0.2) is 21.6 Å². The molecule has 0 fully saturated rings. The number of carbonyl (C=O) groups is 1. The number of nitrogens with one attached hydrogen (secondary N) is 1. The van der Waals surface area contributed by atoms with E-state index in [1.165, 1.54) is 5.01 Å². The van der Waals surface area contributed by atoms with E-state index in [-0.39, 0.29) is 17.5 Å². The van der Waals surface area contributed by atoms with Gasteiger partial charge in [0.1, 0.15) is 0 Å². The number of aryl methyl sites for hydroxylation is 2. The molecular weight excluding hydrogens is 386 g/mol. The normalized spacial score (nSPS) is 16.3. The molecule has 0 radical (unpaired) electrons. The molecule has 0 spiro atoms. The number of H-pyrrole nitrogens is 1. The number of carbonyl (C=O) groups excluding carboxylic acids is 1. The van der Waals surface area contributed by atoms with Gasteiger partial charge in [-0.1, -0.05) is 54.4 Å². The topological polar surface area (TPSA) is 65.5 Å². The first-order valence-electron chi connectivity index (χ1n) is 9.67. The quantitative estimate of drug-likeness (QED) is 0.672. The molecule has 1 N–H and O–H groups in total. The van der Waals surface area contributed by atoms with Crippen molar-refractivity contribution in [2.75, 3.05) is 0 Å². The van der Waals surface area contributed by atoms with Crippen molar-refractivity contribution >= 4 is 34.1 Å². The number of aromatic nitrogens is 1. The average molecular weight is 408 g/mol. The van der Waals surface area contributed by atoms with E-state index in [0.29, 0.717) is 34.7 Å². The predicted octanol–water partition coefficient (Wildman–Crippen LogP) is 4.89. The fourth-order valence-electron chi connectivity index (χ4n) is 3.89. The Kier molecular flexibility index (Phi) is 5.01. The smallest absolute Gasteiger partial charge is 0.257 e. The van der Waals surface area contributed by atoms with Crippen LogP contribution in [0.3, 0.4) is 0 Å². The number of benzene rings is 2. The Labute approximate surface area is 174 Å². The van der Waals surface area contributed by atoms with Gasteiger partial charge in [-0.2, -0.15) is 5.10 Å². The highest BCUT2D eigenvalue weighted by molar-refractivity contribution is 6.31. The second-order valence-electron chi connectivity index (χ2n) is 7.41. The molecule has 0 unspecified atom stereocenters. The van der Waals surface area contributed by atoms with Crippen molar-refractivity contribution in [1.82, 2.24) is 9.99 Å². The molecule has 1 amide bonds. The summed E-state index contributed by atoms with van der Waals surface area (Å²) in [5.41, 5.74) is 4.65. The Balaban J connectivity index is 1.82. The third-order valence-electron chi connectivity index (χ3n) is 5.45. The number of pyridine rings is 1. The van der Waals surface area contributed by atoms with E-state index in [1.54, 1.807) is 12.1 Å². The minimum Gasteiger partial charge on any atom is -0.321 e. The highest BCUT2D eigenvalue weighted by atomic mass is 35.5. The highest BCUT2D eigenvalue weighted by Crippen LogP contribution is 2.34. The van der Waals surface area contributed by atoms with Crippen LogP contribution in [0.2, 0.25) is 5.02 Å². The monoisotopic (exact) mass is 407 g/mol. The van der Waals surface area contributed by atoms with Gasteiger partial charge in [0.15, 0.2) is 0 Å². The Morgan fingerprint density at radius 2 is 1.93 bits per heavy atom. The Hall–Kier alpha value is -2.92. The maximum atomic E-state index is 12.9. The first-order valence-corrected chi connectivity index (χ1v) is 10.1. The van der Waals surface area contributed by atoms with Crippen LogP contribution in [0, 0.1) is 13.8 Å². The minimum atomic E-state index is -0.218. The zero-order valence-corrected chi connectivity index (χ0v) is 17.4. The molecule has 5 nitrogen and oxygen atoms in total. The fourth-order valence-corrected chi connectivity index (χ4v) is 4.06. The average Bonchev–Trinajstić information content (AvgIpc) is 3.12. The summed E-state index contributed by atoms with van der Waals surface area (Å²) in [4.78, 5) is 28.4. The van der Waals surface area contributed by atoms with Crippen LogP contribution in [0.4, 0.5) is 0 Å². The van der Waals surface area contributed by atoms with Gasteiger partial charge in [-0.3, -0.25) is 9.59 Å². The van der Waals surface area contributed by atoms with E-state index in [2.05, 4.69) is 10.1 Å². The number of amides is 1. The molecule has 2 heterocycles. The molecule has 1 aliphatic heterocycles. The molecule has 2 aromatic carbocycles. The third-order valence-corrected chi connectivity index (χ3v) is 5.69. The van der Waals surface area contributed by atoms with E-state index >= 15 is 0 Å². The largest absolute Gasteiger partial charge is 0.321 e. The van der Waals surface area contributed by atoms with Crippen molar-refractivity contribution in [3.63, 3.8) is 0 Å². The summed E-state index contributed by atoms with van der Waals surface area (Å²) in [6.45, 7) is 5.76. The van der Waals surface area contributed by atoms with Crippen LogP contribution in [0.5, 0.6) is 0 Å². The van der Waals surface area contributed by atoms with Gasteiger partial charge in [-0.15, -0.1) is 0 Å². The molecular formula is C23H22ClN3O2. The Bertz CT molecular complexity index is 1200. The standard InChI is InChI=1S/C23H22ClN3O2/c1-4-21(28)27-20(15-7-5-13(2)6-8-15)12-19(26-27)22-14(3)17-10-9-16(24)11-18(17)25-23(22)29/h5-11,20H,4,12H2,1-3H3,(H,25,29)/t20-/m0/s1. The lowest BCUT2D eigenvalue weighted by Crippen LogP contribution is -2.26. The Morgan fingerprint density at radius 3 is 2.62 bits per heavy atom. The summed E-state index contributed by atoms with van der Waals surface area (Å²) in [7, 11) is 0. The van der Waals surface area contributed by atoms with Gasteiger partial charge < -0.3 is 4.98 Å². The second-order valence-corrected chi connectivity index (χ2v) is 7.85. The minimum absolute atomic E-state index is 0.0628. The van der Waals surface area contributed by atoms with Crippen LogP contribution in [0.1, 0.15) is 48.1 Å². The number of hydrazone groups is 1. The molecule has 1 atom stereocenters. The van der Waals surface area contributed by atoms with E-state index in [0.717, 1.165) is 22.1 Å². The van der Waals surface area contributed by atoms with Crippen LogP contribution in [0.25, 0.3) is 10.9 Å². The summed E-state index contributed by atoms with van der Waals surface area (Å²) in [6.07, 6.45) is 0.850. The first kappa shape index (κ1) is 19.4. The highest BCUT2D eigenvalue weighted by Gasteiger charge is 2.34. The molecule has 148 valence electrons. The van der Waals surface area contributed by atoms with Crippen LogP contribution < -0.4 is 5.56 Å². The molecule has 3 aromatic rings. The molecule has 6 heteroatoms. The van der Waals surface area contributed by atoms with Gasteiger partial charge in [0.05, 0.1) is 22.8 Å². The second kappa shape index (κ2) is 7.48. The number of aromatic amines is 1. The lowest BCUT2D eigenvalue weighted by molar-refractivity contribution is -0.132. The van der Waals surface area contributed by atoms with Gasteiger partial charge in [-0.25, -0.2) is 5.01 Å². The van der Waals surface area contributed by atoms with E-state index in [1.807, 2.05) is 51.1 Å². The lowest BCUT2D eigenvalue weighted by atomic mass is 9.95. The Morgan fingerprint density at radius 1 is 1.21 bits per heavy atom. The number of nitrogens with zero attached hydrogens (tertiary/aromatic N) is 2. The summed E-state index contributed by atoms with van der Waals surface area (Å²) < 4.78 is 0. The molecule has 0 saturated carbocycles. The van der Waals surface area contributed by atoms with Crippen LogP contribution in [-0.2, 0) is 4.79 Å².